The van der Waals surface area contributed by atoms with Gasteiger partial charge >= 0.3 is 0 Å². The molecule has 2 rings (SSSR count). The Balaban J connectivity index is 2.54. The first-order chi connectivity index (χ1) is 4.97. The van der Waals surface area contributed by atoms with Crippen molar-refractivity contribution in [3.8, 4) is 0 Å². The van der Waals surface area contributed by atoms with E-state index in [9.17, 15) is 0 Å². The Morgan fingerprint density at radius 1 is 1.40 bits per heavy atom. The Morgan fingerprint density at radius 2 is 2.40 bits per heavy atom. The third kappa shape index (κ3) is 0.838. The van der Waals surface area contributed by atoms with E-state index in [0.717, 1.165) is 0 Å². The van der Waals surface area contributed by atoms with Crippen molar-refractivity contribution in [3.05, 3.63) is 35.7 Å². The van der Waals surface area contributed by atoms with Crippen LogP contribution in [0.4, 0.5) is 0 Å². The van der Waals surface area contributed by atoms with Crippen LogP contribution in [0.1, 0.15) is 17.5 Å². The van der Waals surface area contributed by atoms with Crippen LogP contribution in [0.2, 0.25) is 0 Å². The van der Waals surface area contributed by atoms with Crippen molar-refractivity contribution in [2.24, 2.45) is 0 Å². The van der Waals surface area contributed by atoms with Gasteiger partial charge in [0.25, 0.3) is 0 Å². The van der Waals surface area contributed by atoms with Gasteiger partial charge in [-0.25, -0.2) is 4.98 Å². The van der Waals surface area contributed by atoms with Crippen molar-refractivity contribution < 1.29 is 4.98 Å². The standard InChI is InChI=1S/C9H9N/c1-2-4-9-7-10-6-5-8(9)3-1/h1,3,5-7H,2,4H2/p+1. The zero-order chi connectivity index (χ0) is 6.81. The van der Waals surface area contributed by atoms with Crippen molar-refractivity contribution >= 4 is 6.08 Å². The maximum atomic E-state index is 3.09. The summed E-state index contributed by atoms with van der Waals surface area (Å²) in [6.07, 6.45) is 10.8. The molecule has 0 radical (unpaired) electrons. The van der Waals surface area contributed by atoms with Crippen LogP contribution in [0.25, 0.3) is 6.08 Å². The molecule has 1 aromatic rings. The molecule has 0 unspecified atom stereocenters. The molecule has 0 saturated heterocycles. The van der Waals surface area contributed by atoms with E-state index in [1.54, 1.807) is 0 Å². The summed E-state index contributed by atoms with van der Waals surface area (Å²) in [5, 5.41) is 0. The van der Waals surface area contributed by atoms with Gasteiger partial charge in [0.05, 0.1) is 0 Å². The molecule has 1 aliphatic rings. The molecule has 1 heterocycles. The quantitative estimate of drug-likeness (QED) is 0.507. The molecule has 0 atom stereocenters. The predicted octanol–water partition coefficient (Wildman–Crippen LogP) is 1.46. The number of fused-ring (bicyclic) bond motifs is 1. The first-order valence-electron chi connectivity index (χ1n) is 3.62. The molecule has 0 aliphatic heterocycles. The largest absolute Gasteiger partial charge is 0.218 e. The van der Waals surface area contributed by atoms with E-state index >= 15 is 0 Å². The van der Waals surface area contributed by atoms with Crippen LogP contribution in [0.5, 0.6) is 0 Å². The number of aryl methyl sites for hydroxylation is 1. The van der Waals surface area contributed by atoms with E-state index in [-0.39, 0.29) is 0 Å². The third-order valence-electron chi connectivity index (χ3n) is 1.87. The number of nitrogens with one attached hydrogen (secondary N) is 1. The van der Waals surface area contributed by atoms with Gasteiger partial charge in [-0.15, -0.1) is 0 Å². The topological polar surface area (TPSA) is 14.1 Å². The summed E-state index contributed by atoms with van der Waals surface area (Å²) < 4.78 is 0. The summed E-state index contributed by atoms with van der Waals surface area (Å²) in [4.78, 5) is 3.09. The number of aromatic amines is 1. The summed E-state index contributed by atoms with van der Waals surface area (Å²) >= 11 is 0. The Labute approximate surface area is 60.4 Å². The lowest BCUT2D eigenvalue weighted by Gasteiger charge is -2.04. The highest BCUT2D eigenvalue weighted by molar-refractivity contribution is 5.54. The second kappa shape index (κ2) is 2.25. The van der Waals surface area contributed by atoms with Gasteiger partial charge in [0.15, 0.2) is 12.4 Å². The molecule has 0 aromatic carbocycles. The number of H-pyrrole nitrogens is 1. The summed E-state index contributed by atoms with van der Waals surface area (Å²) in [5.74, 6) is 0. The number of hydrogen-bond donors (Lipinski definition) is 0. The van der Waals surface area contributed by atoms with Crippen molar-refractivity contribution in [2.75, 3.05) is 0 Å². The average Bonchev–Trinajstić information content (AvgIpc) is 2.05. The van der Waals surface area contributed by atoms with Gasteiger partial charge in [0.2, 0.25) is 0 Å². The van der Waals surface area contributed by atoms with Gasteiger partial charge in [0.1, 0.15) is 0 Å². The zero-order valence-corrected chi connectivity index (χ0v) is 5.80. The van der Waals surface area contributed by atoms with Crippen LogP contribution < -0.4 is 4.98 Å². The van der Waals surface area contributed by atoms with E-state index in [0.29, 0.717) is 0 Å². The Kier molecular flexibility index (Phi) is 1.28. The first-order valence-corrected chi connectivity index (χ1v) is 3.62. The Morgan fingerprint density at radius 3 is 3.30 bits per heavy atom. The minimum atomic E-state index is 1.18. The Hall–Kier alpha value is -1.11. The smallest absolute Gasteiger partial charge is 0.170 e. The summed E-state index contributed by atoms with van der Waals surface area (Å²) in [5.41, 5.74) is 2.80. The van der Waals surface area contributed by atoms with Gasteiger partial charge in [-0.2, -0.15) is 0 Å². The highest BCUT2D eigenvalue weighted by Crippen LogP contribution is 2.15. The first kappa shape index (κ1) is 5.66. The van der Waals surface area contributed by atoms with Crippen molar-refractivity contribution in [2.45, 2.75) is 12.8 Å². The third-order valence-corrected chi connectivity index (χ3v) is 1.87. The maximum Gasteiger partial charge on any atom is 0.170 e. The lowest BCUT2D eigenvalue weighted by Crippen LogP contribution is -2.04. The number of rotatable bonds is 0. The fourth-order valence-corrected chi connectivity index (χ4v) is 1.31. The highest BCUT2D eigenvalue weighted by atomic mass is 14.6. The number of allylic oxidation sites excluding steroid dienone is 1. The van der Waals surface area contributed by atoms with E-state index < -0.39 is 0 Å². The number of hydrogen-bond acceptors (Lipinski definition) is 0. The van der Waals surface area contributed by atoms with Crippen LogP contribution in [0.3, 0.4) is 0 Å². The molecule has 1 aliphatic carbocycles. The van der Waals surface area contributed by atoms with Gasteiger partial charge in [-0.3, -0.25) is 0 Å². The molecule has 1 aromatic heterocycles. The van der Waals surface area contributed by atoms with Crippen LogP contribution in [0.15, 0.2) is 24.5 Å². The monoisotopic (exact) mass is 132 g/mol. The fourth-order valence-electron chi connectivity index (χ4n) is 1.31. The van der Waals surface area contributed by atoms with Crippen molar-refractivity contribution in [3.63, 3.8) is 0 Å². The van der Waals surface area contributed by atoms with E-state index in [2.05, 4.69) is 29.4 Å². The second-order valence-corrected chi connectivity index (χ2v) is 2.57. The highest BCUT2D eigenvalue weighted by Gasteiger charge is 2.04. The van der Waals surface area contributed by atoms with Crippen LogP contribution in [-0.2, 0) is 6.42 Å². The summed E-state index contributed by atoms with van der Waals surface area (Å²) in [6.45, 7) is 0. The minimum absolute atomic E-state index is 1.18. The van der Waals surface area contributed by atoms with Gasteiger partial charge in [0, 0.05) is 11.6 Å². The van der Waals surface area contributed by atoms with Gasteiger partial charge < -0.3 is 0 Å². The molecule has 10 heavy (non-hydrogen) atoms. The van der Waals surface area contributed by atoms with E-state index in [1.165, 1.54) is 24.0 Å². The van der Waals surface area contributed by atoms with Crippen molar-refractivity contribution in [1.82, 2.24) is 0 Å². The molecule has 50 valence electrons. The second-order valence-electron chi connectivity index (χ2n) is 2.57. The normalized spacial score (nSPS) is 14.8. The molecule has 0 saturated carbocycles. The number of aromatic nitrogens is 1. The molecule has 1 heteroatoms. The Bertz CT molecular complexity index is 263. The van der Waals surface area contributed by atoms with Gasteiger partial charge in [-0.05, 0) is 18.4 Å². The molecule has 1 N–H and O–H groups in total. The molecular formula is C9H10N+. The molecular weight excluding hydrogens is 122 g/mol. The summed E-state index contributed by atoms with van der Waals surface area (Å²) in [7, 11) is 0. The number of pyridine rings is 1. The average molecular weight is 132 g/mol. The molecule has 0 spiro atoms. The predicted molar refractivity (Wildman–Crippen MR) is 40.4 cm³/mol. The minimum Gasteiger partial charge on any atom is -0.218 e. The lowest BCUT2D eigenvalue weighted by molar-refractivity contribution is -0.378. The molecule has 0 bridgehead atoms. The van der Waals surface area contributed by atoms with Gasteiger partial charge in [-0.1, -0.05) is 12.2 Å². The zero-order valence-electron chi connectivity index (χ0n) is 5.80. The van der Waals surface area contributed by atoms with E-state index in [1.807, 2.05) is 6.20 Å². The molecule has 1 nitrogen and oxygen atoms in total. The SMILES string of the molecule is C1=Cc2cc[nH+]cc2CC1. The van der Waals surface area contributed by atoms with Crippen LogP contribution >= 0.6 is 0 Å². The van der Waals surface area contributed by atoms with Crippen LogP contribution in [0, 0.1) is 0 Å². The van der Waals surface area contributed by atoms with E-state index in [4.69, 9.17) is 0 Å². The molecule has 0 fully saturated rings. The maximum absolute atomic E-state index is 3.09. The molecule has 0 amide bonds. The summed E-state index contributed by atoms with van der Waals surface area (Å²) in [6, 6.07) is 2.12. The lowest BCUT2D eigenvalue weighted by atomic mass is 10.0. The van der Waals surface area contributed by atoms with Crippen LogP contribution in [-0.4, -0.2) is 0 Å². The van der Waals surface area contributed by atoms with Crippen molar-refractivity contribution in [1.29, 1.82) is 0 Å². The fraction of sp³-hybridized carbons (Fsp3) is 0.222.